The van der Waals surface area contributed by atoms with Gasteiger partial charge in [-0.15, -0.1) is 0 Å². The minimum atomic E-state index is 0.351. The second-order valence-electron chi connectivity index (χ2n) is 5.43. The lowest BCUT2D eigenvalue weighted by Gasteiger charge is -2.26. The number of aryl methyl sites for hydroxylation is 1. The van der Waals surface area contributed by atoms with Crippen molar-refractivity contribution in [2.45, 2.75) is 31.9 Å². The maximum atomic E-state index is 9.26. The normalized spacial score (nSPS) is 19.1. The Labute approximate surface area is 114 Å². The van der Waals surface area contributed by atoms with Crippen molar-refractivity contribution in [3.8, 4) is 6.07 Å². The average Bonchev–Trinajstić information content (AvgIpc) is 2.50. The van der Waals surface area contributed by atoms with Crippen molar-refractivity contribution < 1.29 is 0 Å². The molecule has 0 saturated carbocycles. The summed E-state index contributed by atoms with van der Waals surface area (Å²) in [6.07, 6.45) is 1.16. The summed E-state index contributed by atoms with van der Waals surface area (Å²) in [5.74, 6) is 1.13. The van der Waals surface area contributed by atoms with Gasteiger partial charge in [0.15, 0.2) is 0 Å². The zero-order valence-electron chi connectivity index (χ0n) is 11.4. The zero-order chi connectivity index (χ0) is 13.2. The van der Waals surface area contributed by atoms with E-state index in [2.05, 4.69) is 37.8 Å². The molecule has 2 rings (SSSR count). The standard InChI is InChI=1S/C15H20N2S/c1-12-5-4-6-13(11-16)14(12)17-8-7-15(2,3)18-10-9-17/h4-6H,7-10H2,1-3H3. The van der Waals surface area contributed by atoms with Gasteiger partial charge in [0.1, 0.15) is 6.07 Å². The maximum Gasteiger partial charge on any atom is 0.101 e. The van der Waals surface area contributed by atoms with Crippen LogP contribution in [-0.2, 0) is 0 Å². The van der Waals surface area contributed by atoms with Crippen molar-refractivity contribution in [1.82, 2.24) is 0 Å². The average molecular weight is 260 g/mol. The van der Waals surface area contributed by atoms with Gasteiger partial charge in [-0.2, -0.15) is 17.0 Å². The predicted octanol–water partition coefficient (Wildman–Crippen LogP) is 3.59. The summed E-state index contributed by atoms with van der Waals surface area (Å²) in [4.78, 5) is 2.38. The van der Waals surface area contributed by atoms with Crippen LogP contribution in [0, 0.1) is 18.3 Å². The minimum Gasteiger partial charge on any atom is -0.369 e. The van der Waals surface area contributed by atoms with Crippen LogP contribution in [0.5, 0.6) is 0 Å². The first-order valence-corrected chi connectivity index (χ1v) is 7.41. The fourth-order valence-corrected chi connectivity index (χ4v) is 3.51. The quantitative estimate of drug-likeness (QED) is 0.772. The second kappa shape index (κ2) is 5.24. The molecular formula is C15H20N2S. The van der Waals surface area contributed by atoms with Crippen LogP contribution in [0.1, 0.15) is 31.4 Å². The molecule has 0 N–H and O–H groups in total. The third kappa shape index (κ3) is 2.81. The summed E-state index contributed by atoms with van der Waals surface area (Å²) in [6.45, 7) is 8.79. The van der Waals surface area contributed by atoms with Crippen LogP contribution in [0.15, 0.2) is 18.2 Å². The number of nitriles is 1. The first kappa shape index (κ1) is 13.3. The van der Waals surface area contributed by atoms with Crippen molar-refractivity contribution in [2.24, 2.45) is 0 Å². The van der Waals surface area contributed by atoms with Gasteiger partial charge in [-0.3, -0.25) is 0 Å². The van der Waals surface area contributed by atoms with Crippen LogP contribution >= 0.6 is 11.8 Å². The molecule has 1 aliphatic rings. The summed E-state index contributed by atoms with van der Waals surface area (Å²) < 4.78 is 0.351. The highest BCUT2D eigenvalue weighted by Crippen LogP contribution is 2.34. The molecule has 0 aliphatic carbocycles. The highest BCUT2D eigenvalue weighted by Gasteiger charge is 2.25. The van der Waals surface area contributed by atoms with Gasteiger partial charge >= 0.3 is 0 Å². The van der Waals surface area contributed by atoms with E-state index in [1.165, 1.54) is 5.56 Å². The Hall–Kier alpha value is -1.14. The van der Waals surface area contributed by atoms with E-state index in [4.69, 9.17) is 0 Å². The lowest BCUT2D eigenvalue weighted by molar-refractivity contribution is 0.637. The van der Waals surface area contributed by atoms with Crippen LogP contribution in [-0.4, -0.2) is 23.6 Å². The summed E-state index contributed by atoms with van der Waals surface area (Å²) in [5, 5.41) is 9.26. The Morgan fingerprint density at radius 2 is 2.11 bits per heavy atom. The molecule has 1 aromatic carbocycles. The monoisotopic (exact) mass is 260 g/mol. The predicted molar refractivity (Wildman–Crippen MR) is 79.3 cm³/mol. The third-order valence-electron chi connectivity index (χ3n) is 3.51. The minimum absolute atomic E-state index is 0.351. The molecule has 18 heavy (non-hydrogen) atoms. The van der Waals surface area contributed by atoms with E-state index in [-0.39, 0.29) is 0 Å². The van der Waals surface area contributed by atoms with Gasteiger partial charge in [0.2, 0.25) is 0 Å². The fraction of sp³-hybridized carbons (Fsp3) is 0.533. The molecule has 0 aromatic heterocycles. The summed E-state index contributed by atoms with van der Waals surface area (Å²) in [7, 11) is 0. The number of rotatable bonds is 1. The van der Waals surface area contributed by atoms with Crippen molar-refractivity contribution in [1.29, 1.82) is 5.26 Å². The summed E-state index contributed by atoms with van der Waals surface area (Å²) in [5.41, 5.74) is 3.15. The van der Waals surface area contributed by atoms with Crippen LogP contribution < -0.4 is 4.90 Å². The Kier molecular flexibility index (Phi) is 3.87. The van der Waals surface area contributed by atoms with Crippen LogP contribution in [0.4, 0.5) is 5.69 Å². The smallest absolute Gasteiger partial charge is 0.101 e. The van der Waals surface area contributed by atoms with Gasteiger partial charge in [-0.05, 0) is 25.0 Å². The highest BCUT2D eigenvalue weighted by atomic mass is 32.2. The van der Waals surface area contributed by atoms with Crippen LogP contribution in [0.3, 0.4) is 0 Å². The van der Waals surface area contributed by atoms with Gasteiger partial charge in [0.25, 0.3) is 0 Å². The zero-order valence-corrected chi connectivity index (χ0v) is 12.2. The van der Waals surface area contributed by atoms with Crippen molar-refractivity contribution in [2.75, 3.05) is 23.7 Å². The molecule has 3 heteroatoms. The molecule has 96 valence electrons. The Bertz CT molecular complexity index is 474. The molecule has 1 aliphatic heterocycles. The summed E-state index contributed by atoms with van der Waals surface area (Å²) >= 11 is 2.03. The van der Waals surface area contributed by atoms with E-state index in [0.29, 0.717) is 4.75 Å². The molecule has 0 amide bonds. The van der Waals surface area contributed by atoms with Crippen molar-refractivity contribution in [3.05, 3.63) is 29.3 Å². The van der Waals surface area contributed by atoms with Crippen LogP contribution in [0.2, 0.25) is 0 Å². The van der Waals surface area contributed by atoms with E-state index >= 15 is 0 Å². The first-order chi connectivity index (χ1) is 8.53. The molecule has 1 aromatic rings. The number of hydrogen-bond acceptors (Lipinski definition) is 3. The molecule has 0 atom stereocenters. The van der Waals surface area contributed by atoms with E-state index in [0.717, 1.165) is 36.5 Å². The molecule has 2 nitrogen and oxygen atoms in total. The lowest BCUT2D eigenvalue weighted by Crippen LogP contribution is -2.28. The Morgan fingerprint density at radius 3 is 2.83 bits per heavy atom. The number of anilines is 1. The molecule has 0 spiro atoms. The molecule has 1 saturated heterocycles. The molecule has 0 unspecified atom stereocenters. The van der Waals surface area contributed by atoms with E-state index in [1.807, 2.05) is 23.9 Å². The van der Waals surface area contributed by atoms with Crippen LogP contribution in [0.25, 0.3) is 0 Å². The number of hydrogen-bond donors (Lipinski definition) is 0. The first-order valence-electron chi connectivity index (χ1n) is 6.42. The van der Waals surface area contributed by atoms with Crippen molar-refractivity contribution in [3.63, 3.8) is 0 Å². The van der Waals surface area contributed by atoms with E-state index in [9.17, 15) is 5.26 Å². The Morgan fingerprint density at radius 1 is 1.33 bits per heavy atom. The molecule has 0 bridgehead atoms. The topological polar surface area (TPSA) is 27.0 Å². The van der Waals surface area contributed by atoms with Gasteiger partial charge < -0.3 is 4.90 Å². The number of thioether (sulfide) groups is 1. The number of benzene rings is 1. The maximum absolute atomic E-state index is 9.26. The molecule has 0 radical (unpaired) electrons. The lowest BCUT2D eigenvalue weighted by atomic mass is 10.1. The van der Waals surface area contributed by atoms with Gasteiger partial charge in [0, 0.05) is 23.6 Å². The van der Waals surface area contributed by atoms with Crippen molar-refractivity contribution >= 4 is 17.4 Å². The molecular weight excluding hydrogens is 240 g/mol. The second-order valence-corrected chi connectivity index (χ2v) is 7.23. The Balaban J connectivity index is 2.30. The van der Waals surface area contributed by atoms with Gasteiger partial charge in [0.05, 0.1) is 11.3 Å². The van der Waals surface area contributed by atoms with Gasteiger partial charge in [-0.25, -0.2) is 0 Å². The number of nitrogens with zero attached hydrogens (tertiary/aromatic N) is 2. The molecule has 1 heterocycles. The van der Waals surface area contributed by atoms with E-state index < -0.39 is 0 Å². The summed E-state index contributed by atoms with van der Waals surface area (Å²) in [6, 6.07) is 8.31. The largest absolute Gasteiger partial charge is 0.369 e. The molecule has 1 fully saturated rings. The van der Waals surface area contributed by atoms with Gasteiger partial charge in [-0.1, -0.05) is 26.0 Å². The highest BCUT2D eigenvalue weighted by molar-refractivity contribution is 8.00. The fourth-order valence-electron chi connectivity index (χ4n) is 2.41. The SMILES string of the molecule is Cc1cccc(C#N)c1N1CCSC(C)(C)CC1. The third-order valence-corrected chi connectivity index (χ3v) is 4.88. The van der Waals surface area contributed by atoms with E-state index in [1.54, 1.807) is 0 Å². The number of para-hydroxylation sites is 1.